The fourth-order valence-corrected chi connectivity index (χ4v) is 2.58. The molecular formula is C14H26O3S. The lowest BCUT2D eigenvalue weighted by Crippen LogP contribution is -2.13. The van der Waals surface area contributed by atoms with Gasteiger partial charge >= 0.3 is 0 Å². The van der Waals surface area contributed by atoms with Crippen LogP contribution in [0.5, 0.6) is 0 Å². The highest BCUT2D eigenvalue weighted by atomic mass is 32.2. The van der Waals surface area contributed by atoms with Gasteiger partial charge in [-0.05, 0) is 19.8 Å². The van der Waals surface area contributed by atoms with E-state index >= 15 is 0 Å². The first-order valence-corrected chi connectivity index (χ1v) is 8.59. The summed E-state index contributed by atoms with van der Waals surface area (Å²) in [6, 6.07) is 0. The van der Waals surface area contributed by atoms with Crippen LogP contribution >= 0.6 is 0 Å². The van der Waals surface area contributed by atoms with Gasteiger partial charge in [0.2, 0.25) is 0 Å². The molecule has 4 heteroatoms. The number of terminal acetylenes is 1. The van der Waals surface area contributed by atoms with E-state index in [2.05, 4.69) is 5.92 Å². The Morgan fingerprint density at radius 1 is 1.06 bits per heavy atom. The zero-order chi connectivity index (χ0) is 13.9. The predicted octanol–water partition coefficient (Wildman–Crippen LogP) is 3.50. The van der Waals surface area contributed by atoms with Crippen LogP contribution in [0.3, 0.4) is 0 Å². The van der Waals surface area contributed by atoms with Gasteiger partial charge in [0.25, 0.3) is 10.1 Å². The molecule has 0 aliphatic carbocycles. The molecule has 0 N–H and O–H groups in total. The molecule has 0 bridgehead atoms. The minimum absolute atomic E-state index is 0.198. The van der Waals surface area contributed by atoms with Gasteiger partial charge in [0.05, 0.1) is 12.4 Å². The molecule has 0 aromatic heterocycles. The summed E-state index contributed by atoms with van der Waals surface area (Å²) in [7, 11) is -3.30. The second-order valence-corrected chi connectivity index (χ2v) is 6.43. The second-order valence-electron chi connectivity index (χ2n) is 4.83. The average Bonchev–Trinajstić information content (AvgIpc) is 2.24. The van der Waals surface area contributed by atoms with E-state index in [9.17, 15) is 8.42 Å². The fraction of sp³-hybridized carbons (Fsp3) is 0.857. The molecule has 0 fully saturated rings. The molecule has 0 radical (unpaired) electrons. The van der Waals surface area contributed by atoms with Crippen molar-refractivity contribution in [3.05, 3.63) is 0 Å². The van der Waals surface area contributed by atoms with E-state index in [4.69, 9.17) is 10.6 Å². The minimum Gasteiger partial charge on any atom is -0.267 e. The highest BCUT2D eigenvalue weighted by molar-refractivity contribution is 7.86. The summed E-state index contributed by atoms with van der Waals surface area (Å²) in [5.74, 6) is 2.65. The molecule has 0 amide bonds. The van der Waals surface area contributed by atoms with Crippen LogP contribution in [0, 0.1) is 12.3 Å². The molecule has 0 aliphatic heterocycles. The monoisotopic (exact) mass is 274 g/mol. The maximum absolute atomic E-state index is 10.9. The quantitative estimate of drug-likeness (QED) is 0.329. The first-order valence-electron chi connectivity index (χ1n) is 6.77. The third kappa shape index (κ3) is 13.5. The van der Waals surface area contributed by atoms with E-state index in [1.807, 2.05) is 0 Å². The van der Waals surface area contributed by atoms with Crippen LogP contribution in [0.15, 0.2) is 0 Å². The van der Waals surface area contributed by atoms with E-state index in [0.29, 0.717) is 0 Å². The summed E-state index contributed by atoms with van der Waals surface area (Å²) in [5.41, 5.74) is 0. The topological polar surface area (TPSA) is 43.4 Å². The number of hydrogen-bond donors (Lipinski definition) is 0. The van der Waals surface area contributed by atoms with Gasteiger partial charge in [-0.2, -0.15) is 8.42 Å². The standard InChI is InChI=1S/C14H26O3S/c1-4-5-6-7-8-9-10-11-12-13-14(2)17-18(3,15)16/h1,14H,5-13H2,2-3H3/t14-/m0/s1. The zero-order valence-corrected chi connectivity index (χ0v) is 12.5. The first kappa shape index (κ1) is 17.5. The molecule has 0 unspecified atom stereocenters. The van der Waals surface area contributed by atoms with E-state index in [0.717, 1.165) is 38.4 Å². The predicted molar refractivity (Wildman–Crippen MR) is 75.8 cm³/mol. The van der Waals surface area contributed by atoms with Crippen molar-refractivity contribution in [3.63, 3.8) is 0 Å². The molecule has 106 valence electrons. The number of unbranched alkanes of at least 4 members (excludes halogenated alkanes) is 7. The normalized spacial score (nSPS) is 13.2. The van der Waals surface area contributed by atoms with E-state index in [1.54, 1.807) is 6.92 Å². The summed E-state index contributed by atoms with van der Waals surface area (Å²) < 4.78 is 26.6. The van der Waals surface area contributed by atoms with Crippen molar-refractivity contribution in [1.29, 1.82) is 0 Å². The average molecular weight is 274 g/mol. The van der Waals surface area contributed by atoms with Crippen LogP contribution in [0.1, 0.15) is 64.7 Å². The molecule has 3 nitrogen and oxygen atoms in total. The Labute approximate surface area is 112 Å². The molecule has 0 heterocycles. The van der Waals surface area contributed by atoms with E-state index in [-0.39, 0.29) is 6.10 Å². The summed E-state index contributed by atoms with van der Waals surface area (Å²) in [6.07, 6.45) is 16.0. The fourth-order valence-electron chi connectivity index (χ4n) is 1.89. The van der Waals surface area contributed by atoms with Crippen LogP contribution in [0.4, 0.5) is 0 Å². The maximum atomic E-state index is 10.9. The summed E-state index contributed by atoms with van der Waals surface area (Å²) in [6.45, 7) is 1.81. The number of hydrogen-bond acceptors (Lipinski definition) is 3. The molecule has 1 atom stereocenters. The highest BCUT2D eigenvalue weighted by Gasteiger charge is 2.09. The van der Waals surface area contributed by atoms with Crippen molar-refractivity contribution >= 4 is 10.1 Å². The van der Waals surface area contributed by atoms with Crippen molar-refractivity contribution in [2.75, 3.05) is 6.26 Å². The molecule has 0 spiro atoms. The Balaban J connectivity index is 3.28. The summed E-state index contributed by atoms with van der Waals surface area (Å²) >= 11 is 0. The van der Waals surface area contributed by atoms with Crippen LogP contribution in [0.2, 0.25) is 0 Å². The van der Waals surface area contributed by atoms with Crippen molar-refractivity contribution < 1.29 is 12.6 Å². The van der Waals surface area contributed by atoms with Gasteiger partial charge in [0.1, 0.15) is 0 Å². The molecule has 18 heavy (non-hydrogen) atoms. The summed E-state index contributed by atoms with van der Waals surface area (Å²) in [5, 5.41) is 0. The van der Waals surface area contributed by atoms with Crippen LogP contribution < -0.4 is 0 Å². The van der Waals surface area contributed by atoms with Gasteiger partial charge in [-0.3, -0.25) is 4.18 Å². The third-order valence-electron chi connectivity index (χ3n) is 2.77. The van der Waals surface area contributed by atoms with Crippen molar-refractivity contribution in [1.82, 2.24) is 0 Å². The molecule has 0 saturated carbocycles. The highest BCUT2D eigenvalue weighted by Crippen LogP contribution is 2.12. The van der Waals surface area contributed by atoms with Gasteiger partial charge in [0.15, 0.2) is 0 Å². The van der Waals surface area contributed by atoms with Crippen LogP contribution in [0.25, 0.3) is 0 Å². The summed E-state index contributed by atoms with van der Waals surface area (Å²) in [4.78, 5) is 0. The first-order chi connectivity index (χ1) is 8.45. The molecule has 0 rings (SSSR count). The van der Waals surface area contributed by atoms with Crippen molar-refractivity contribution in [2.45, 2.75) is 70.8 Å². The van der Waals surface area contributed by atoms with Gasteiger partial charge in [0, 0.05) is 6.42 Å². The second kappa shape index (κ2) is 10.4. The minimum atomic E-state index is -3.30. The van der Waals surface area contributed by atoms with E-state index < -0.39 is 10.1 Å². The Kier molecular flexibility index (Phi) is 10.1. The number of rotatable bonds is 11. The smallest absolute Gasteiger partial charge is 0.264 e. The molecule has 0 aromatic rings. The lowest BCUT2D eigenvalue weighted by molar-refractivity contribution is 0.216. The Hall–Kier alpha value is -0.530. The SMILES string of the molecule is C#CCCCCCCCCC[C@H](C)OS(C)(=O)=O. The maximum Gasteiger partial charge on any atom is 0.264 e. The lowest BCUT2D eigenvalue weighted by atomic mass is 10.1. The van der Waals surface area contributed by atoms with Gasteiger partial charge < -0.3 is 0 Å². The Bertz CT molecular complexity index is 327. The Morgan fingerprint density at radius 2 is 1.56 bits per heavy atom. The molecule has 0 aromatic carbocycles. The lowest BCUT2D eigenvalue weighted by Gasteiger charge is -2.10. The molecule has 0 saturated heterocycles. The largest absolute Gasteiger partial charge is 0.267 e. The molecular weight excluding hydrogens is 248 g/mol. The van der Waals surface area contributed by atoms with Crippen molar-refractivity contribution in [3.8, 4) is 12.3 Å². The van der Waals surface area contributed by atoms with Crippen LogP contribution in [-0.4, -0.2) is 20.8 Å². The molecule has 0 aliphatic rings. The van der Waals surface area contributed by atoms with Gasteiger partial charge in [-0.1, -0.05) is 38.5 Å². The van der Waals surface area contributed by atoms with Gasteiger partial charge in [-0.25, -0.2) is 0 Å². The van der Waals surface area contributed by atoms with Crippen molar-refractivity contribution in [2.24, 2.45) is 0 Å². The zero-order valence-electron chi connectivity index (χ0n) is 11.7. The van der Waals surface area contributed by atoms with Gasteiger partial charge in [-0.15, -0.1) is 12.3 Å². The Morgan fingerprint density at radius 3 is 2.06 bits per heavy atom. The van der Waals surface area contributed by atoms with Crippen LogP contribution in [-0.2, 0) is 14.3 Å². The van der Waals surface area contributed by atoms with E-state index in [1.165, 1.54) is 25.7 Å². The third-order valence-corrected chi connectivity index (χ3v) is 3.45.